The number of ether oxygens (including phenoxy) is 1. The number of halogens is 1. The van der Waals surface area contributed by atoms with E-state index < -0.39 is 26.0 Å². The number of benzene rings is 2. The maximum absolute atomic E-state index is 12.8. The number of thiophene rings is 2. The minimum absolute atomic E-state index is 0.0190. The van der Waals surface area contributed by atoms with E-state index in [1.807, 2.05) is 0 Å². The molecule has 8 nitrogen and oxygen atoms in total. The maximum atomic E-state index is 12.8. The number of rotatable bonds is 9. The van der Waals surface area contributed by atoms with Gasteiger partial charge in [0.25, 0.3) is 20.0 Å². The van der Waals surface area contributed by atoms with Crippen LogP contribution in [0.5, 0.6) is 0 Å². The van der Waals surface area contributed by atoms with E-state index in [4.69, 9.17) is 16.3 Å². The third kappa shape index (κ3) is 6.21. The van der Waals surface area contributed by atoms with Gasteiger partial charge in [-0.15, -0.1) is 22.7 Å². The molecule has 2 aromatic carbocycles. The lowest BCUT2D eigenvalue weighted by Crippen LogP contribution is -2.15. The van der Waals surface area contributed by atoms with Crippen LogP contribution < -0.4 is 9.44 Å². The molecule has 4 aromatic rings. The molecule has 2 heterocycles. The van der Waals surface area contributed by atoms with Crippen LogP contribution in [0.1, 0.15) is 15.9 Å². The van der Waals surface area contributed by atoms with E-state index >= 15 is 0 Å². The smallest absolute Gasteiger partial charge is 0.338 e. The number of anilines is 2. The van der Waals surface area contributed by atoms with Crippen molar-refractivity contribution in [2.75, 3.05) is 9.44 Å². The summed E-state index contributed by atoms with van der Waals surface area (Å²) in [5, 5.41) is 3.64. The zero-order valence-corrected chi connectivity index (χ0v) is 21.7. The molecule has 0 amide bonds. The minimum atomic E-state index is -3.95. The molecule has 182 valence electrons. The highest BCUT2D eigenvalue weighted by molar-refractivity contribution is 7.95. The van der Waals surface area contributed by atoms with Gasteiger partial charge in [0.2, 0.25) is 0 Å². The van der Waals surface area contributed by atoms with Gasteiger partial charge >= 0.3 is 5.97 Å². The normalized spacial score (nSPS) is 11.7. The van der Waals surface area contributed by atoms with Crippen LogP contribution in [-0.4, -0.2) is 22.8 Å². The van der Waals surface area contributed by atoms with Gasteiger partial charge in [-0.3, -0.25) is 9.44 Å². The number of hydrogen-bond acceptors (Lipinski definition) is 8. The van der Waals surface area contributed by atoms with Gasteiger partial charge in [0.05, 0.1) is 16.9 Å². The molecule has 0 fully saturated rings. The number of hydrogen-bond donors (Lipinski definition) is 2. The van der Waals surface area contributed by atoms with Gasteiger partial charge in [-0.1, -0.05) is 41.9 Å². The molecule has 0 bridgehead atoms. The van der Waals surface area contributed by atoms with E-state index in [1.165, 1.54) is 30.3 Å². The molecule has 0 aliphatic heterocycles. The van der Waals surface area contributed by atoms with Gasteiger partial charge in [0.15, 0.2) is 0 Å². The average Bonchev–Trinajstić information content (AvgIpc) is 3.52. The van der Waals surface area contributed by atoms with E-state index in [0.29, 0.717) is 10.6 Å². The van der Waals surface area contributed by atoms with Crippen LogP contribution in [0.4, 0.5) is 11.4 Å². The Bertz CT molecular complexity index is 1470. The summed E-state index contributed by atoms with van der Waals surface area (Å²) in [6.45, 7) is -0.125. The van der Waals surface area contributed by atoms with Crippen molar-refractivity contribution in [3.8, 4) is 0 Å². The molecule has 0 aliphatic carbocycles. The second kappa shape index (κ2) is 10.4. The van der Waals surface area contributed by atoms with E-state index in [1.54, 1.807) is 47.2 Å². The summed E-state index contributed by atoms with van der Waals surface area (Å²) in [4.78, 5) is 12.8. The van der Waals surface area contributed by atoms with Crippen molar-refractivity contribution in [3.05, 3.63) is 93.6 Å². The summed E-state index contributed by atoms with van der Waals surface area (Å²) >= 11 is 8.13. The number of carbonyl (C=O) groups excluding carboxylic acids is 1. The minimum Gasteiger partial charge on any atom is -0.457 e. The summed E-state index contributed by atoms with van der Waals surface area (Å²) < 4.78 is 61.0. The summed E-state index contributed by atoms with van der Waals surface area (Å²) in [7, 11) is -7.91. The Morgan fingerprint density at radius 3 is 1.83 bits per heavy atom. The van der Waals surface area contributed by atoms with Gasteiger partial charge in [-0.05, 0) is 47.2 Å². The maximum Gasteiger partial charge on any atom is 0.338 e. The zero-order valence-electron chi connectivity index (χ0n) is 17.7. The Balaban J connectivity index is 1.65. The summed E-state index contributed by atoms with van der Waals surface area (Å²) in [5.74, 6) is -0.793. The number of nitrogens with one attached hydrogen (secondary N) is 2. The van der Waals surface area contributed by atoms with Crippen molar-refractivity contribution in [2.24, 2.45) is 0 Å². The molecule has 2 aromatic heterocycles. The van der Waals surface area contributed by atoms with Crippen LogP contribution in [0.25, 0.3) is 0 Å². The Morgan fingerprint density at radius 2 is 1.34 bits per heavy atom. The summed E-state index contributed by atoms with van der Waals surface area (Å²) in [6, 6.07) is 16.7. The second-order valence-corrected chi connectivity index (χ2v) is 13.2. The Hall–Kier alpha value is -2.90. The Morgan fingerprint density at radius 1 is 0.800 bits per heavy atom. The number of esters is 1. The third-order valence-electron chi connectivity index (χ3n) is 4.51. The lowest BCUT2D eigenvalue weighted by Gasteiger charge is -2.13. The van der Waals surface area contributed by atoms with Crippen molar-refractivity contribution in [1.82, 2.24) is 0 Å². The summed E-state index contributed by atoms with van der Waals surface area (Å²) in [6.07, 6.45) is 0. The van der Waals surface area contributed by atoms with E-state index in [-0.39, 0.29) is 32.0 Å². The molecule has 0 radical (unpaired) electrons. The highest BCUT2D eigenvalue weighted by Crippen LogP contribution is 2.27. The highest BCUT2D eigenvalue weighted by atomic mass is 35.5. The topological polar surface area (TPSA) is 119 Å². The first-order chi connectivity index (χ1) is 16.6. The molecule has 4 rings (SSSR count). The third-order valence-corrected chi connectivity index (χ3v) is 10.4. The van der Waals surface area contributed by atoms with Crippen LogP contribution in [0, 0.1) is 0 Å². The molecule has 13 heteroatoms. The van der Waals surface area contributed by atoms with Gasteiger partial charge < -0.3 is 4.74 Å². The van der Waals surface area contributed by atoms with Crippen LogP contribution >= 0.6 is 34.3 Å². The predicted octanol–water partition coefficient (Wildman–Crippen LogP) is 5.42. The SMILES string of the molecule is O=C(OCc1ccccc1Cl)c1cc(NS(=O)(=O)c2cccs2)cc(NS(=O)(=O)c2cccs2)c1. The number of sulfonamides is 2. The van der Waals surface area contributed by atoms with Crippen LogP contribution in [-0.2, 0) is 31.4 Å². The lowest BCUT2D eigenvalue weighted by molar-refractivity contribution is 0.0473. The first-order valence-electron chi connectivity index (χ1n) is 9.82. The van der Waals surface area contributed by atoms with Crippen molar-refractivity contribution in [3.63, 3.8) is 0 Å². The molecular weight excluding hydrogens is 552 g/mol. The van der Waals surface area contributed by atoms with Gasteiger partial charge in [0.1, 0.15) is 15.0 Å². The lowest BCUT2D eigenvalue weighted by atomic mass is 10.2. The molecule has 0 unspecified atom stereocenters. The van der Waals surface area contributed by atoms with E-state index in [9.17, 15) is 21.6 Å². The van der Waals surface area contributed by atoms with Crippen LogP contribution in [0.15, 0.2) is 85.9 Å². The average molecular weight is 569 g/mol. The fourth-order valence-electron chi connectivity index (χ4n) is 2.95. The Kier molecular flexibility index (Phi) is 7.47. The van der Waals surface area contributed by atoms with Crippen molar-refractivity contribution < 1.29 is 26.4 Å². The molecule has 0 spiro atoms. The largest absolute Gasteiger partial charge is 0.457 e. The molecule has 2 N–H and O–H groups in total. The standard InChI is InChI=1S/C22H17ClN2O6S4/c23-19-6-2-1-5-15(19)14-31-22(26)16-11-17(24-34(27,28)20-7-3-9-32-20)13-18(12-16)25-35(29,30)21-8-4-10-33-21/h1-13,24-25H,14H2. The fourth-order valence-corrected chi connectivity index (χ4v) is 7.21. The van der Waals surface area contributed by atoms with Crippen LogP contribution in [0.3, 0.4) is 0 Å². The zero-order chi connectivity index (χ0) is 25.1. The van der Waals surface area contributed by atoms with Gasteiger partial charge in [-0.25, -0.2) is 21.6 Å². The van der Waals surface area contributed by atoms with Crippen LogP contribution in [0.2, 0.25) is 5.02 Å². The second-order valence-electron chi connectivity index (χ2n) is 7.04. The first-order valence-corrected chi connectivity index (χ1v) is 14.9. The van der Waals surface area contributed by atoms with Gasteiger partial charge in [-0.2, -0.15) is 0 Å². The summed E-state index contributed by atoms with van der Waals surface area (Å²) in [5.41, 5.74) is 0.479. The van der Waals surface area contributed by atoms with Crippen molar-refractivity contribution in [2.45, 2.75) is 15.0 Å². The fraction of sp³-hybridized carbons (Fsp3) is 0.0455. The quantitative estimate of drug-likeness (QED) is 0.260. The molecular formula is C22H17ClN2O6S4. The van der Waals surface area contributed by atoms with E-state index in [0.717, 1.165) is 22.7 Å². The number of carbonyl (C=O) groups is 1. The predicted molar refractivity (Wildman–Crippen MR) is 137 cm³/mol. The highest BCUT2D eigenvalue weighted by Gasteiger charge is 2.21. The molecule has 35 heavy (non-hydrogen) atoms. The monoisotopic (exact) mass is 568 g/mol. The van der Waals surface area contributed by atoms with E-state index in [2.05, 4.69) is 9.44 Å². The molecule has 0 saturated carbocycles. The molecule has 0 atom stereocenters. The first kappa shape index (κ1) is 25.2. The van der Waals surface area contributed by atoms with Crippen molar-refractivity contribution in [1.29, 1.82) is 0 Å². The molecule has 0 aliphatic rings. The van der Waals surface area contributed by atoms with Crippen molar-refractivity contribution >= 4 is 71.7 Å². The van der Waals surface area contributed by atoms with Gasteiger partial charge in [0, 0.05) is 10.6 Å². The molecule has 0 saturated heterocycles. The Labute approximate surface area is 215 Å².